The number of carboxylic acid groups (broad SMARTS) is 1. The van der Waals surface area contributed by atoms with E-state index in [1.807, 2.05) is 0 Å². The summed E-state index contributed by atoms with van der Waals surface area (Å²) in [6.07, 6.45) is 1.83. The van der Waals surface area contributed by atoms with Crippen molar-refractivity contribution >= 4 is 12.0 Å². The predicted molar refractivity (Wildman–Crippen MR) is 73.9 cm³/mol. The zero-order chi connectivity index (χ0) is 14.6. The Kier molecular flexibility index (Phi) is 5.63. The molecule has 0 saturated heterocycles. The lowest BCUT2D eigenvalue weighted by Crippen LogP contribution is -2.46. The Labute approximate surface area is 115 Å². The van der Waals surface area contributed by atoms with Crippen LogP contribution in [0.3, 0.4) is 0 Å². The van der Waals surface area contributed by atoms with Gasteiger partial charge in [0, 0.05) is 12.6 Å². The van der Waals surface area contributed by atoms with Gasteiger partial charge in [-0.3, -0.25) is 4.79 Å². The normalized spacial score (nSPS) is 15.1. The van der Waals surface area contributed by atoms with Gasteiger partial charge in [-0.15, -0.1) is 0 Å². The maximum absolute atomic E-state index is 12.1. The number of carboxylic acids is 1. The van der Waals surface area contributed by atoms with Gasteiger partial charge in [0.1, 0.15) is 6.54 Å². The number of rotatable bonds is 7. The highest BCUT2D eigenvalue weighted by atomic mass is 16.4. The Morgan fingerprint density at radius 2 is 1.74 bits per heavy atom. The Morgan fingerprint density at radius 3 is 2.11 bits per heavy atom. The second kappa shape index (κ2) is 6.78. The van der Waals surface area contributed by atoms with Crippen molar-refractivity contribution in [3.8, 4) is 0 Å². The lowest BCUT2D eigenvalue weighted by atomic mass is 9.85. The molecular weight excluding hydrogens is 244 g/mol. The first-order chi connectivity index (χ1) is 8.82. The molecular formula is C14H26N2O3. The van der Waals surface area contributed by atoms with E-state index >= 15 is 0 Å². The molecule has 0 unspecified atom stereocenters. The Hall–Kier alpha value is -1.26. The largest absolute Gasteiger partial charge is 0.480 e. The topological polar surface area (TPSA) is 69.6 Å². The standard InChI is InChI=1S/C14H26N2O3/c1-9(2)12(10(3)4)7-15-14(19)16(8-13(17)18)11-5-6-11/h9-12H,5-8H2,1-4H3,(H,15,19)(H,17,18). The average molecular weight is 270 g/mol. The van der Waals surface area contributed by atoms with Crippen molar-refractivity contribution in [2.75, 3.05) is 13.1 Å². The number of hydrogen-bond acceptors (Lipinski definition) is 2. The van der Waals surface area contributed by atoms with Gasteiger partial charge in [0.25, 0.3) is 0 Å². The van der Waals surface area contributed by atoms with Gasteiger partial charge in [0.15, 0.2) is 0 Å². The zero-order valence-electron chi connectivity index (χ0n) is 12.3. The van der Waals surface area contributed by atoms with E-state index in [0.29, 0.717) is 24.3 Å². The van der Waals surface area contributed by atoms with Crippen LogP contribution in [-0.4, -0.2) is 41.1 Å². The SMILES string of the molecule is CC(C)C(CNC(=O)N(CC(=O)O)C1CC1)C(C)C. The summed E-state index contributed by atoms with van der Waals surface area (Å²) in [7, 11) is 0. The molecule has 1 aliphatic rings. The van der Waals surface area contributed by atoms with Gasteiger partial charge in [-0.05, 0) is 30.6 Å². The average Bonchev–Trinajstić information content (AvgIpc) is 3.08. The first-order valence-electron chi connectivity index (χ1n) is 7.09. The molecule has 1 saturated carbocycles. The summed E-state index contributed by atoms with van der Waals surface area (Å²) in [6.45, 7) is 8.99. The Bertz CT molecular complexity index is 317. The minimum atomic E-state index is -0.952. The van der Waals surface area contributed by atoms with Gasteiger partial charge in [0.05, 0.1) is 0 Å². The van der Waals surface area contributed by atoms with E-state index in [1.54, 1.807) is 0 Å². The number of urea groups is 1. The van der Waals surface area contributed by atoms with Crippen molar-refractivity contribution in [2.45, 2.75) is 46.6 Å². The molecule has 0 aliphatic heterocycles. The van der Waals surface area contributed by atoms with Crippen LogP contribution >= 0.6 is 0 Å². The lowest BCUT2D eigenvalue weighted by Gasteiger charge is -2.27. The van der Waals surface area contributed by atoms with Crippen molar-refractivity contribution in [1.29, 1.82) is 0 Å². The summed E-state index contributed by atoms with van der Waals surface area (Å²) >= 11 is 0. The van der Waals surface area contributed by atoms with Crippen LogP contribution < -0.4 is 5.32 Å². The minimum Gasteiger partial charge on any atom is -0.480 e. The van der Waals surface area contributed by atoms with E-state index in [4.69, 9.17) is 5.11 Å². The molecule has 0 aromatic heterocycles. The number of carbonyl (C=O) groups excluding carboxylic acids is 1. The number of nitrogens with zero attached hydrogens (tertiary/aromatic N) is 1. The molecule has 0 radical (unpaired) electrons. The molecule has 19 heavy (non-hydrogen) atoms. The molecule has 0 spiro atoms. The summed E-state index contributed by atoms with van der Waals surface area (Å²) in [5.41, 5.74) is 0. The number of carbonyl (C=O) groups is 2. The molecule has 0 aromatic carbocycles. The molecule has 5 nitrogen and oxygen atoms in total. The van der Waals surface area contributed by atoms with Crippen LogP contribution in [-0.2, 0) is 4.79 Å². The monoisotopic (exact) mass is 270 g/mol. The number of amides is 2. The molecule has 1 rings (SSSR count). The van der Waals surface area contributed by atoms with Gasteiger partial charge in [-0.2, -0.15) is 0 Å². The van der Waals surface area contributed by atoms with Crippen molar-refractivity contribution in [3.05, 3.63) is 0 Å². The quantitative estimate of drug-likeness (QED) is 0.745. The fourth-order valence-electron chi connectivity index (χ4n) is 2.45. The maximum Gasteiger partial charge on any atom is 0.323 e. The highest BCUT2D eigenvalue weighted by Gasteiger charge is 2.34. The molecule has 0 aromatic rings. The summed E-state index contributed by atoms with van der Waals surface area (Å²) in [5.74, 6) is 0.449. The van der Waals surface area contributed by atoms with E-state index in [2.05, 4.69) is 33.0 Å². The number of aliphatic carboxylic acids is 1. The van der Waals surface area contributed by atoms with Crippen LogP contribution in [0.1, 0.15) is 40.5 Å². The predicted octanol–water partition coefficient (Wildman–Crippen LogP) is 2.17. The third kappa shape index (κ3) is 5.09. The fraction of sp³-hybridized carbons (Fsp3) is 0.857. The van der Waals surface area contributed by atoms with Gasteiger partial charge in [-0.25, -0.2) is 4.79 Å². The third-order valence-electron chi connectivity index (χ3n) is 3.76. The summed E-state index contributed by atoms with van der Waals surface area (Å²) in [4.78, 5) is 24.3. The summed E-state index contributed by atoms with van der Waals surface area (Å²) < 4.78 is 0. The third-order valence-corrected chi connectivity index (χ3v) is 3.76. The molecule has 2 amide bonds. The van der Waals surface area contributed by atoms with Gasteiger partial charge < -0.3 is 15.3 Å². The summed E-state index contributed by atoms with van der Waals surface area (Å²) in [6, 6.07) is -0.121. The highest BCUT2D eigenvalue weighted by Crippen LogP contribution is 2.27. The van der Waals surface area contributed by atoms with E-state index in [9.17, 15) is 9.59 Å². The van der Waals surface area contributed by atoms with Crippen molar-refractivity contribution in [2.24, 2.45) is 17.8 Å². The minimum absolute atomic E-state index is 0.118. The lowest BCUT2D eigenvalue weighted by molar-refractivity contribution is -0.137. The number of hydrogen-bond donors (Lipinski definition) is 2. The van der Waals surface area contributed by atoms with Crippen LogP contribution in [0.5, 0.6) is 0 Å². The first-order valence-corrected chi connectivity index (χ1v) is 7.09. The van der Waals surface area contributed by atoms with Gasteiger partial charge in [-0.1, -0.05) is 27.7 Å². The van der Waals surface area contributed by atoms with E-state index in [1.165, 1.54) is 4.90 Å². The van der Waals surface area contributed by atoms with Crippen LogP contribution in [0.25, 0.3) is 0 Å². The molecule has 0 bridgehead atoms. The maximum atomic E-state index is 12.1. The van der Waals surface area contributed by atoms with E-state index < -0.39 is 5.97 Å². The highest BCUT2D eigenvalue weighted by molar-refractivity contribution is 5.80. The van der Waals surface area contributed by atoms with Crippen LogP contribution in [0.15, 0.2) is 0 Å². The molecule has 5 heteroatoms. The molecule has 1 aliphatic carbocycles. The molecule has 0 atom stereocenters. The van der Waals surface area contributed by atoms with Crippen molar-refractivity contribution in [3.63, 3.8) is 0 Å². The van der Waals surface area contributed by atoms with Crippen molar-refractivity contribution in [1.82, 2.24) is 10.2 Å². The number of nitrogens with one attached hydrogen (secondary N) is 1. The van der Waals surface area contributed by atoms with Crippen LogP contribution in [0.4, 0.5) is 4.79 Å². The van der Waals surface area contributed by atoms with Crippen LogP contribution in [0.2, 0.25) is 0 Å². The zero-order valence-corrected chi connectivity index (χ0v) is 12.3. The van der Waals surface area contributed by atoms with Crippen LogP contribution in [0, 0.1) is 17.8 Å². The Morgan fingerprint density at radius 1 is 1.21 bits per heavy atom. The smallest absolute Gasteiger partial charge is 0.323 e. The Balaban J connectivity index is 2.49. The molecule has 110 valence electrons. The summed E-state index contributed by atoms with van der Waals surface area (Å²) in [5, 5.41) is 11.7. The van der Waals surface area contributed by atoms with E-state index in [-0.39, 0.29) is 18.6 Å². The van der Waals surface area contributed by atoms with Gasteiger partial charge in [0.2, 0.25) is 0 Å². The molecule has 1 fully saturated rings. The second-order valence-corrected chi connectivity index (χ2v) is 6.09. The second-order valence-electron chi connectivity index (χ2n) is 6.09. The first kappa shape index (κ1) is 15.8. The van der Waals surface area contributed by atoms with E-state index in [0.717, 1.165) is 12.8 Å². The molecule has 0 heterocycles. The molecule has 2 N–H and O–H groups in total. The van der Waals surface area contributed by atoms with Gasteiger partial charge >= 0.3 is 12.0 Å². The fourth-order valence-corrected chi connectivity index (χ4v) is 2.45. The van der Waals surface area contributed by atoms with Crippen molar-refractivity contribution < 1.29 is 14.7 Å².